The summed E-state index contributed by atoms with van der Waals surface area (Å²) in [5, 5.41) is 17.4. The summed E-state index contributed by atoms with van der Waals surface area (Å²) in [6.07, 6.45) is 0.607. The molecule has 0 heterocycles. The van der Waals surface area contributed by atoms with Crippen LogP contribution in [0, 0.1) is 5.92 Å². The Balaban J connectivity index is 0.000000217. The largest absolute Gasteiger partial charge is 0.506 e. The average Bonchev–Trinajstić information content (AvgIpc) is 2.44. The lowest BCUT2D eigenvalue weighted by Gasteiger charge is -2.04. The highest BCUT2D eigenvalue weighted by molar-refractivity contribution is 5.69. The summed E-state index contributed by atoms with van der Waals surface area (Å²) in [6.45, 7) is 1.72. The minimum atomic E-state index is -0.737. The molecule has 0 amide bonds. The van der Waals surface area contributed by atoms with Crippen molar-refractivity contribution in [2.45, 2.75) is 13.3 Å². The lowest BCUT2D eigenvalue weighted by Crippen LogP contribution is -2.11. The first-order valence-corrected chi connectivity index (χ1v) is 6.31. The molecule has 1 unspecified atom stereocenters. The van der Waals surface area contributed by atoms with Gasteiger partial charge in [0.25, 0.3) is 0 Å². The lowest BCUT2D eigenvalue weighted by atomic mass is 10.0. The molecule has 2 aromatic rings. The van der Waals surface area contributed by atoms with Gasteiger partial charge in [-0.05, 0) is 24.1 Å². The van der Waals surface area contributed by atoms with Crippen molar-refractivity contribution in [2.24, 2.45) is 5.92 Å². The van der Waals surface area contributed by atoms with E-state index in [0.29, 0.717) is 12.1 Å². The molecule has 2 aromatic carbocycles. The van der Waals surface area contributed by atoms with Crippen LogP contribution in [-0.2, 0) is 11.2 Å². The van der Waals surface area contributed by atoms with Crippen molar-refractivity contribution in [3.63, 3.8) is 0 Å². The zero-order valence-corrected chi connectivity index (χ0v) is 11.4. The van der Waals surface area contributed by atoms with Crippen LogP contribution in [-0.4, -0.2) is 16.2 Å². The van der Waals surface area contributed by atoms with Crippen molar-refractivity contribution < 1.29 is 15.0 Å². The smallest absolute Gasteiger partial charge is 0.306 e. The van der Waals surface area contributed by atoms with Gasteiger partial charge in [-0.3, -0.25) is 4.79 Å². The van der Waals surface area contributed by atoms with E-state index in [1.165, 1.54) is 0 Å². The Morgan fingerprint density at radius 1 is 1.10 bits per heavy atom. The highest BCUT2D eigenvalue weighted by Crippen LogP contribution is 2.16. The average molecular weight is 273 g/mol. The van der Waals surface area contributed by atoms with E-state index in [2.05, 4.69) is 0 Å². The van der Waals surface area contributed by atoms with Gasteiger partial charge in [-0.2, -0.15) is 0 Å². The molecule has 0 spiro atoms. The van der Waals surface area contributed by atoms with Gasteiger partial charge in [-0.15, -0.1) is 0 Å². The molecule has 1 atom stereocenters. The first-order valence-electron chi connectivity index (χ1n) is 6.31. The normalized spacial score (nSPS) is 11.1. The molecule has 0 saturated carbocycles. The number of phenolic OH excluding ortho intramolecular Hbond substituents is 1. The second kappa shape index (κ2) is 7.84. The standard InChI is InChI=1S/C10H12O2.C6H7NO/c1-8(10(11)12)7-9-5-3-2-4-6-9;7-5-3-1-2-4-6(5)8/h2-6,8H,7H2,1H3,(H,11,12);1-4,8H,7H2. The monoisotopic (exact) mass is 273 g/mol. The molecular weight excluding hydrogens is 254 g/mol. The molecule has 0 bridgehead atoms. The van der Waals surface area contributed by atoms with Crippen LogP contribution in [0.2, 0.25) is 0 Å². The molecule has 2 rings (SSSR count). The van der Waals surface area contributed by atoms with Gasteiger partial charge < -0.3 is 15.9 Å². The summed E-state index contributed by atoms with van der Waals surface area (Å²) in [7, 11) is 0. The minimum Gasteiger partial charge on any atom is -0.506 e. The van der Waals surface area contributed by atoms with Gasteiger partial charge in [0, 0.05) is 0 Å². The zero-order chi connectivity index (χ0) is 15.0. The molecule has 20 heavy (non-hydrogen) atoms. The number of nitrogen functional groups attached to an aromatic ring is 1. The zero-order valence-electron chi connectivity index (χ0n) is 11.4. The van der Waals surface area contributed by atoms with Crippen molar-refractivity contribution in [1.82, 2.24) is 0 Å². The van der Waals surface area contributed by atoms with E-state index in [1.54, 1.807) is 31.2 Å². The number of anilines is 1. The number of nitrogens with two attached hydrogens (primary N) is 1. The fourth-order valence-electron chi connectivity index (χ4n) is 1.54. The fraction of sp³-hybridized carbons (Fsp3) is 0.188. The van der Waals surface area contributed by atoms with Gasteiger partial charge in [-0.1, -0.05) is 49.4 Å². The van der Waals surface area contributed by atoms with Gasteiger partial charge >= 0.3 is 5.97 Å². The van der Waals surface area contributed by atoms with E-state index >= 15 is 0 Å². The Morgan fingerprint density at radius 2 is 1.65 bits per heavy atom. The van der Waals surface area contributed by atoms with Crippen LogP contribution in [0.1, 0.15) is 12.5 Å². The first kappa shape index (κ1) is 15.6. The predicted molar refractivity (Wildman–Crippen MR) is 79.5 cm³/mol. The van der Waals surface area contributed by atoms with Crippen molar-refractivity contribution in [2.75, 3.05) is 5.73 Å². The van der Waals surface area contributed by atoms with Crippen LogP contribution in [0.4, 0.5) is 5.69 Å². The van der Waals surface area contributed by atoms with Crippen molar-refractivity contribution in [3.8, 4) is 5.75 Å². The summed E-state index contributed by atoms with van der Waals surface area (Å²) >= 11 is 0. The first-order chi connectivity index (χ1) is 9.50. The van der Waals surface area contributed by atoms with E-state index in [9.17, 15) is 4.79 Å². The summed E-state index contributed by atoms with van der Waals surface area (Å²) < 4.78 is 0. The summed E-state index contributed by atoms with van der Waals surface area (Å²) in [4.78, 5) is 10.5. The molecule has 4 N–H and O–H groups in total. The maximum atomic E-state index is 10.5. The number of rotatable bonds is 3. The van der Waals surface area contributed by atoms with Crippen molar-refractivity contribution >= 4 is 11.7 Å². The second-order valence-corrected chi connectivity index (χ2v) is 4.49. The Labute approximate surface area is 118 Å². The number of aliphatic carboxylic acids is 1. The summed E-state index contributed by atoms with van der Waals surface area (Å²) in [5.74, 6) is -0.890. The Kier molecular flexibility index (Phi) is 6.10. The van der Waals surface area contributed by atoms with Crippen LogP contribution in [0.25, 0.3) is 0 Å². The number of phenols is 1. The van der Waals surface area contributed by atoms with Crippen LogP contribution in [0.3, 0.4) is 0 Å². The van der Waals surface area contributed by atoms with Crippen LogP contribution >= 0.6 is 0 Å². The van der Waals surface area contributed by atoms with Gasteiger partial charge in [0.05, 0.1) is 11.6 Å². The molecule has 0 aliphatic carbocycles. The molecule has 0 fully saturated rings. The predicted octanol–water partition coefficient (Wildman–Crippen LogP) is 2.92. The Hall–Kier alpha value is -2.49. The maximum absolute atomic E-state index is 10.5. The molecule has 0 aromatic heterocycles. The highest BCUT2D eigenvalue weighted by atomic mass is 16.4. The van der Waals surface area contributed by atoms with Crippen LogP contribution < -0.4 is 5.73 Å². The number of aromatic hydroxyl groups is 1. The molecule has 4 nitrogen and oxygen atoms in total. The molecule has 4 heteroatoms. The third kappa shape index (κ3) is 5.44. The molecular formula is C16H19NO3. The van der Waals surface area contributed by atoms with Gasteiger partial charge in [0.2, 0.25) is 0 Å². The lowest BCUT2D eigenvalue weighted by molar-refractivity contribution is -0.141. The Morgan fingerprint density at radius 3 is 2.10 bits per heavy atom. The molecule has 0 aliphatic rings. The third-order valence-corrected chi connectivity index (χ3v) is 2.74. The third-order valence-electron chi connectivity index (χ3n) is 2.74. The molecule has 0 radical (unpaired) electrons. The quantitative estimate of drug-likeness (QED) is 0.593. The van der Waals surface area contributed by atoms with Gasteiger partial charge in [0.15, 0.2) is 0 Å². The number of carboxylic acids is 1. The minimum absolute atomic E-state index is 0.146. The van der Waals surface area contributed by atoms with E-state index in [-0.39, 0.29) is 11.7 Å². The maximum Gasteiger partial charge on any atom is 0.306 e. The molecule has 106 valence electrons. The number of carbonyl (C=O) groups is 1. The number of para-hydroxylation sites is 2. The number of benzene rings is 2. The van der Waals surface area contributed by atoms with E-state index in [1.807, 2.05) is 30.3 Å². The van der Waals surface area contributed by atoms with Crippen LogP contribution in [0.15, 0.2) is 54.6 Å². The summed E-state index contributed by atoms with van der Waals surface area (Å²) in [6, 6.07) is 16.4. The Bertz CT molecular complexity index is 519. The number of carboxylic acid groups (broad SMARTS) is 1. The van der Waals surface area contributed by atoms with E-state index in [4.69, 9.17) is 15.9 Å². The second-order valence-electron chi connectivity index (χ2n) is 4.49. The number of hydrogen-bond donors (Lipinski definition) is 3. The summed E-state index contributed by atoms with van der Waals surface area (Å²) in [5.41, 5.74) is 6.77. The van der Waals surface area contributed by atoms with E-state index in [0.717, 1.165) is 5.56 Å². The van der Waals surface area contributed by atoms with E-state index < -0.39 is 5.97 Å². The highest BCUT2D eigenvalue weighted by Gasteiger charge is 2.10. The van der Waals surface area contributed by atoms with Gasteiger partial charge in [-0.25, -0.2) is 0 Å². The van der Waals surface area contributed by atoms with Gasteiger partial charge in [0.1, 0.15) is 5.75 Å². The SMILES string of the molecule is CC(Cc1ccccc1)C(=O)O.Nc1ccccc1O. The topological polar surface area (TPSA) is 83.5 Å². The van der Waals surface area contributed by atoms with Crippen molar-refractivity contribution in [3.05, 3.63) is 60.2 Å². The fourth-order valence-corrected chi connectivity index (χ4v) is 1.54. The van der Waals surface area contributed by atoms with Crippen molar-refractivity contribution in [1.29, 1.82) is 0 Å². The molecule has 0 aliphatic heterocycles. The van der Waals surface area contributed by atoms with Crippen LogP contribution in [0.5, 0.6) is 5.75 Å². The number of hydrogen-bond acceptors (Lipinski definition) is 3. The molecule has 0 saturated heterocycles.